The van der Waals surface area contributed by atoms with Gasteiger partial charge in [0, 0.05) is 6.07 Å². The van der Waals surface area contributed by atoms with Crippen LogP contribution < -0.4 is 14.8 Å². The molecule has 2 aromatic heterocycles. The Morgan fingerprint density at radius 2 is 2.08 bits per heavy atom. The van der Waals surface area contributed by atoms with Gasteiger partial charge in [-0.1, -0.05) is 12.1 Å². The van der Waals surface area contributed by atoms with Crippen LogP contribution in [0.3, 0.4) is 0 Å². The average molecular weight is 374 g/mol. The third kappa shape index (κ3) is 4.37. The number of carbonyl (C=O) groups excluding carboxylic acids is 1. The third-order valence-electron chi connectivity index (χ3n) is 3.43. The average Bonchev–Trinajstić information content (AvgIpc) is 3.28. The van der Waals surface area contributed by atoms with E-state index in [1.807, 2.05) is 48.7 Å². The van der Waals surface area contributed by atoms with Gasteiger partial charge in [-0.2, -0.15) is 0 Å². The first-order valence-corrected chi connectivity index (χ1v) is 9.43. The second-order valence-corrected chi connectivity index (χ2v) is 7.14. The summed E-state index contributed by atoms with van der Waals surface area (Å²) < 4.78 is 10.8. The molecular formula is C18H18N2O3S2. The number of thiophene rings is 1. The van der Waals surface area contributed by atoms with Gasteiger partial charge in [-0.05, 0) is 30.5 Å². The van der Waals surface area contributed by atoms with Crippen LogP contribution in [0.1, 0.15) is 15.4 Å². The van der Waals surface area contributed by atoms with Crippen molar-refractivity contribution in [2.75, 3.05) is 20.3 Å². The maximum absolute atomic E-state index is 12.3. The largest absolute Gasteiger partial charge is 0.497 e. The van der Waals surface area contributed by atoms with E-state index >= 15 is 0 Å². The molecule has 1 aromatic carbocycles. The van der Waals surface area contributed by atoms with Gasteiger partial charge >= 0.3 is 0 Å². The molecule has 0 radical (unpaired) electrons. The Morgan fingerprint density at radius 1 is 1.24 bits per heavy atom. The highest BCUT2D eigenvalue weighted by Gasteiger charge is 2.16. The fourth-order valence-electron chi connectivity index (χ4n) is 2.22. The number of nitrogens with one attached hydrogen (secondary N) is 1. The van der Waals surface area contributed by atoms with Crippen LogP contribution in [0.5, 0.6) is 11.5 Å². The molecule has 0 aliphatic carbocycles. The molecule has 0 bridgehead atoms. The molecule has 2 heterocycles. The van der Waals surface area contributed by atoms with Gasteiger partial charge in [0.05, 0.1) is 24.2 Å². The molecule has 25 heavy (non-hydrogen) atoms. The monoisotopic (exact) mass is 374 g/mol. The van der Waals surface area contributed by atoms with Gasteiger partial charge in [0.2, 0.25) is 0 Å². The van der Waals surface area contributed by atoms with E-state index in [-0.39, 0.29) is 5.91 Å². The Hall–Kier alpha value is -2.38. The number of hydrogen-bond donors (Lipinski definition) is 1. The number of amides is 1. The van der Waals surface area contributed by atoms with E-state index < -0.39 is 0 Å². The van der Waals surface area contributed by atoms with Gasteiger partial charge in [0.15, 0.2) is 0 Å². The van der Waals surface area contributed by atoms with Crippen molar-refractivity contribution in [1.82, 2.24) is 10.3 Å². The van der Waals surface area contributed by atoms with Crippen LogP contribution in [-0.4, -0.2) is 31.2 Å². The number of nitrogens with zero attached hydrogens (tertiary/aromatic N) is 1. The third-order valence-corrected chi connectivity index (χ3v) is 5.63. The van der Waals surface area contributed by atoms with Crippen molar-refractivity contribution >= 4 is 28.6 Å². The predicted octanol–water partition coefficient (Wildman–Crippen LogP) is 4.00. The fourth-order valence-corrected chi connectivity index (χ4v) is 4.00. The minimum atomic E-state index is -0.118. The Labute approximate surface area is 154 Å². The summed E-state index contributed by atoms with van der Waals surface area (Å²) in [6, 6.07) is 11.4. The molecule has 0 saturated carbocycles. The number of aromatic nitrogens is 1. The molecule has 0 aliphatic rings. The first kappa shape index (κ1) is 17.4. The first-order chi connectivity index (χ1) is 12.2. The molecule has 0 spiro atoms. The number of carbonyl (C=O) groups is 1. The molecule has 1 amide bonds. The highest BCUT2D eigenvalue weighted by molar-refractivity contribution is 7.22. The van der Waals surface area contributed by atoms with Gasteiger partial charge in [-0.3, -0.25) is 4.79 Å². The Bertz CT molecular complexity index is 844. The zero-order valence-electron chi connectivity index (χ0n) is 13.9. The van der Waals surface area contributed by atoms with Crippen molar-refractivity contribution in [2.24, 2.45) is 0 Å². The van der Waals surface area contributed by atoms with Crippen LogP contribution in [0, 0.1) is 6.92 Å². The lowest BCUT2D eigenvalue weighted by Crippen LogP contribution is -2.27. The molecule has 7 heteroatoms. The Morgan fingerprint density at radius 3 is 2.84 bits per heavy atom. The molecule has 0 atom stereocenters. The van der Waals surface area contributed by atoms with Gasteiger partial charge < -0.3 is 14.8 Å². The van der Waals surface area contributed by atoms with Crippen molar-refractivity contribution < 1.29 is 14.3 Å². The molecule has 0 aliphatic heterocycles. The summed E-state index contributed by atoms with van der Waals surface area (Å²) in [4.78, 5) is 18.6. The zero-order chi connectivity index (χ0) is 17.6. The maximum atomic E-state index is 12.3. The van der Waals surface area contributed by atoms with Crippen LogP contribution in [0.4, 0.5) is 0 Å². The highest BCUT2D eigenvalue weighted by atomic mass is 32.1. The number of methoxy groups -OCH3 is 1. The van der Waals surface area contributed by atoms with E-state index in [9.17, 15) is 4.79 Å². The second-order valence-electron chi connectivity index (χ2n) is 5.19. The molecule has 1 N–H and O–H groups in total. The predicted molar refractivity (Wildman–Crippen MR) is 101 cm³/mol. The summed E-state index contributed by atoms with van der Waals surface area (Å²) in [5, 5.41) is 5.76. The zero-order valence-corrected chi connectivity index (χ0v) is 15.6. The standard InChI is InChI=1S/C18H18N2O3S2/c1-12-16(25-18(20-12)15-7-4-10-24-15)17(21)19-8-9-23-14-6-3-5-13(11-14)22-2/h3-7,10-11H,8-9H2,1-2H3,(H,19,21). The van der Waals surface area contributed by atoms with Gasteiger partial charge in [-0.15, -0.1) is 22.7 Å². The fraction of sp³-hybridized carbons (Fsp3) is 0.222. The van der Waals surface area contributed by atoms with Gasteiger partial charge in [0.25, 0.3) is 5.91 Å². The summed E-state index contributed by atoms with van der Waals surface area (Å²) in [5.41, 5.74) is 0.750. The van der Waals surface area contributed by atoms with Crippen LogP contribution >= 0.6 is 22.7 Å². The molecule has 3 rings (SSSR count). The van der Waals surface area contributed by atoms with Gasteiger partial charge in [-0.25, -0.2) is 4.98 Å². The van der Waals surface area contributed by atoms with Crippen molar-refractivity contribution in [3.63, 3.8) is 0 Å². The molecule has 5 nitrogen and oxygen atoms in total. The smallest absolute Gasteiger partial charge is 0.263 e. The van der Waals surface area contributed by atoms with Crippen LogP contribution in [0.25, 0.3) is 9.88 Å². The summed E-state index contributed by atoms with van der Waals surface area (Å²) >= 11 is 3.03. The van der Waals surface area contributed by atoms with E-state index in [1.165, 1.54) is 11.3 Å². The maximum Gasteiger partial charge on any atom is 0.263 e. The number of hydrogen-bond acceptors (Lipinski definition) is 6. The van der Waals surface area contributed by atoms with E-state index in [1.54, 1.807) is 18.4 Å². The van der Waals surface area contributed by atoms with E-state index in [4.69, 9.17) is 9.47 Å². The quantitative estimate of drug-likeness (QED) is 0.635. The molecule has 0 fully saturated rings. The van der Waals surface area contributed by atoms with Crippen molar-refractivity contribution in [2.45, 2.75) is 6.92 Å². The van der Waals surface area contributed by atoms with Crippen molar-refractivity contribution in [3.05, 3.63) is 52.3 Å². The van der Waals surface area contributed by atoms with E-state index in [2.05, 4.69) is 10.3 Å². The van der Waals surface area contributed by atoms with Crippen LogP contribution in [0.15, 0.2) is 41.8 Å². The normalized spacial score (nSPS) is 10.5. The van der Waals surface area contributed by atoms with Crippen LogP contribution in [-0.2, 0) is 0 Å². The Kier molecular flexibility index (Phi) is 5.67. The highest BCUT2D eigenvalue weighted by Crippen LogP contribution is 2.30. The number of aryl methyl sites for hydroxylation is 1. The summed E-state index contributed by atoms with van der Waals surface area (Å²) in [7, 11) is 1.61. The first-order valence-electron chi connectivity index (χ1n) is 7.73. The molecule has 130 valence electrons. The second kappa shape index (κ2) is 8.13. The van der Waals surface area contributed by atoms with Gasteiger partial charge in [0.1, 0.15) is 28.0 Å². The number of ether oxygens (including phenoxy) is 2. The summed E-state index contributed by atoms with van der Waals surface area (Å²) in [6.07, 6.45) is 0. The molecule has 3 aromatic rings. The lowest BCUT2D eigenvalue weighted by Gasteiger charge is -2.08. The minimum Gasteiger partial charge on any atom is -0.497 e. The molecule has 0 unspecified atom stereocenters. The number of rotatable bonds is 7. The SMILES string of the molecule is COc1cccc(OCCNC(=O)c2sc(-c3cccs3)nc2C)c1. The van der Waals surface area contributed by atoms with Crippen LogP contribution in [0.2, 0.25) is 0 Å². The van der Waals surface area contributed by atoms with Crippen molar-refractivity contribution in [3.8, 4) is 21.4 Å². The summed E-state index contributed by atoms with van der Waals surface area (Å²) in [5.74, 6) is 1.33. The number of benzene rings is 1. The summed E-state index contributed by atoms with van der Waals surface area (Å²) in [6.45, 7) is 2.66. The van der Waals surface area contributed by atoms with Crippen molar-refractivity contribution in [1.29, 1.82) is 0 Å². The van der Waals surface area contributed by atoms with E-state index in [0.717, 1.165) is 21.3 Å². The molecular weight excluding hydrogens is 356 g/mol. The lowest BCUT2D eigenvalue weighted by molar-refractivity contribution is 0.0950. The minimum absolute atomic E-state index is 0.118. The Balaban J connectivity index is 1.52. The topological polar surface area (TPSA) is 60.5 Å². The lowest BCUT2D eigenvalue weighted by atomic mass is 10.3. The molecule has 0 saturated heterocycles. The van der Waals surface area contributed by atoms with E-state index in [0.29, 0.717) is 23.8 Å². The number of thiazole rings is 1.